The number of nitrogens with two attached hydrogens (primary N) is 1. The number of carbonyl (C=O) groups excluding carboxylic acids is 2. The number of hydrogen-bond donors (Lipinski definition) is 1. The van der Waals surface area contributed by atoms with Crippen molar-refractivity contribution in [2.75, 3.05) is 26.8 Å². The number of benzene rings is 1. The van der Waals surface area contributed by atoms with Crippen LogP contribution in [0, 0.1) is 5.92 Å². The molecule has 1 aliphatic rings. The lowest BCUT2D eigenvalue weighted by atomic mass is 9.99. The Balaban J connectivity index is 2.14. The molecule has 22 heavy (non-hydrogen) atoms. The molecule has 1 saturated heterocycles. The van der Waals surface area contributed by atoms with E-state index in [-0.39, 0.29) is 12.5 Å². The number of piperidine rings is 1. The van der Waals surface area contributed by atoms with Crippen molar-refractivity contribution in [2.45, 2.75) is 19.8 Å². The van der Waals surface area contributed by atoms with Gasteiger partial charge in [-0.05, 0) is 37.0 Å². The van der Waals surface area contributed by atoms with Crippen molar-refractivity contribution >= 4 is 11.8 Å². The summed E-state index contributed by atoms with van der Waals surface area (Å²) in [5.41, 5.74) is 5.61. The highest BCUT2D eigenvalue weighted by molar-refractivity contribution is 5.95. The third-order valence-electron chi connectivity index (χ3n) is 3.72. The average molecular weight is 306 g/mol. The molecule has 1 fully saturated rings. The third-order valence-corrected chi connectivity index (χ3v) is 3.72. The Hall–Kier alpha value is -2.24. The molecule has 6 nitrogen and oxygen atoms in total. The lowest BCUT2D eigenvalue weighted by molar-refractivity contribution is -0.119. The monoisotopic (exact) mass is 306 g/mol. The second-order valence-corrected chi connectivity index (χ2v) is 5.62. The Morgan fingerprint density at radius 2 is 2.14 bits per heavy atom. The van der Waals surface area contributed by atoms with E-state index in [4.69, 9.17) is 15.2 Å². The highest BCUT2D eigenvalue weighted by atomic mass is 16.5. The van der Waals surface area contributed by atoms with Crippen LogP contribution in [0.3, 0.4) is 0 Å². The summed E-state index contributed by atoms with van der Waals surface area (Å²) in [5.74, 6) is 0.760. The van der Waals surface area contributed by atoms with Gasteiger partial charge in [0.1, 0.15) is 0 Å². The summed E-state index contributed by atoms with van der Waals surface area (Å²) >= 11 is 0. The quantitative estimate of drug-likeness (QED) is 0.892. The van der Waals surface area contributed by atoms with E-state index in [1.165, 1.54) is 7.11 Å². The molecule has 1 heterocycles. The summed E-state index contributed by atoms with van der Waals surface area (Å²) in [5, 5.41) is 0. The van der Waals surface area contributed by atoms with Crippen LogP contribution < -0.4 is 15.2 Å². The van der Waals surface area contributed by atoms with Crippen molar-refractivity contribution in [3.8, 4) is 11.5 Å². The number of primary amides is 1. The van der Waals surface area contributed by atoms with Crippen LogP contribution >= 0.6 is 0 Å². The second kappa shape index (κ2) is 7.15. The zero-order valence-corrected chi connectivity index (χ0v) is 13.0. The van der Waals surface area contributed by atoms with Gasteiger partial charge in [-0.3, -0.25) is 9.59 Å². The minimum Gasteiger partial charge on any atom is -0.493 e. The zero-order valence-electron chi connectivity index (χ0n) is 13.0. The Morgan fingerprint density at radius 3 is 2.77 bits per heavy atom. The molecule has 1 aromatic carbocycles. The van der Waals surface area contributed by atoms with Gasteiger partial charge < -0.3 is 20.1 Å². The molecule has 6 heteroatoms. The maximum atomic E-state index is 12.5. The van der Waals surface area contributed by atoms with E-state index < -0.39 is 5.91 Å². The second-order valence-electron chi connectivity index (χ2n) is 5.62. The first kappa shape index (κ1) is 16.1. The fraction of sp³-hybridized carbons (Fsp3) is 0.500. The van der Waals surface area contributed by atoms with Crippen molar-refractivity contribution < 1.29 is 19.1 Å². The molecule has 0 aliphatic carbocycles. The van der Waals surface area contributed by atoms with Gasteiger partial charge in [-0.25, -0.2) is 0 Å². The molecule has 0 aromatic heterocycles. The molecular weight excluding hydrogens is 284 g/mol. The Morgan fingerprint density at radius 1 is 1.36 bits per heavy atom. The van der Waals surface area contributed by atoms with Gasteiger partial charge in [-0.15, -0.1) is 0 Å². The van der Waals surface area contributed by atoms with Gasteiger partial charge in [-0.1, -0.05) is 6.92 Å². The number of nitrogens with zero attached hydrogens (tertiary/aromatic N) is 1. The van der Waals surface area contributed by atoms with Crippen LogP contribution in [0.25, 0.3) is 0 Å². The molecule has 2 rings (SSSR count). The van der Waals surface area contributed by atoms with Crippen molar-refractivity contribution in [1.29, 1.82) is 0 Å². The first-order chi connectivity index (χ1) is 10.5. The molecule has 0 radical (unpaired) electrons. The minimum absolute atomic E-state index is 0.00805. The zero-order chi connectivity index (χ0) is 16.1. The fourth-order valence-corrected chi connectivity index (χ4v) is 2.63. The topological polar surface area (TPSA) is 81.9 Å². The van der Waals surface area contributed by atoms with Crippen LogP contribution in [-0.4, -0.2) is 43.5 Å². The van der Waals surface area contributed by atoms with E-state index in [0.717, 1.165) is 25.9 Å². The van der Waals surface area contributed by atoms with Gasteiger partial charge in [-0.2, -0.15) is 0 Å². The van der Waals surface area contributed by atoms with Crippen molar-refractivity contribution in [3.63, 3.8) is 0 Å². The first-order valence-corrected chi connectivity index (χ1v) is 7.39. The van der Waals surface area contributed by atoms with Crippen LogP contribution in [0.5, 0.6) is 11.5 Å². The van der Waals surface area contributed by atoms with Gasteiger partial charge in [0.25, 0.3) is 11.8 Å². The first-order valence-electron chi connectivity index (χ1n) is 7.39. The molecule has 120 valence electrons. The molecule has 0 saturated carbocycles. The number of amides is 2. The normalized spacial score (nSPS) is 17.9. The number of hydrogen-bond acceptors (Lipinski definition) is 4. The van der Waals surface area contributed by atoms with Gasteiger partial charge in [0.15, 0.2) is 18.1 Å². The maximum Gasteiger partial charge on any atom is 0.255 e. The molecular formula is C16H22N2O4. The van der Waals surface area contributed by atoms with Crippen LogP contribution in [0.1, 0.15) is 30.1 Å². The standard InChI is InChI=1S/C16H22N2O4/c1-11-4-3-7-18(9-11)16(20)12-5-6-13(14(8-12)21-2)22-10-15(17)19/h5-6,8,11H,3-4,7,9-10H2,1-2H3,(H2,17,19). The largest absolute Gasteiger partial charge is 0.493 e. The summed E-state index contributed by atoms with van der Waals surface area (Å²) in [6, 6.07) is 4.95. The maximum absolute atomic E-state index is 12.5. The van der Waals surface area contributed by atoms with Crippen LogP contribution in [0.4, 0.5) is 0 Å². The smallest absolute Gasteiger partial charge is 0.255 e. The summed E-state index contributed by atoms with van der Waals surface area (Å²) < 4.78 is 10.5. The van der Waals surface area contributed by atoms with Gasteiger partial charge in [0.05, 0.1) is 7.11 Å². The number of carbonyl (C=O) groups is 2. The van der Waals surface area contributed by atoms with Gasteiger partial charge >= 0.3 is 0 Å². The number of ether oxygens (including phenoxy) is 2. The fourth-order valence-electron chi connectivity index (χ4n) is 2.63. The highest BCUT2D eigenvalue weighted by Gasteiger charge is 2.23. The summed E-state index contributed by atoms with van der Waals surface area (Å²) in [7, 11) is 1.49. The predicted molar refractivity (Wildman–Crippen MR) is 82.0 cm³/mol. The average Bonchev–Trinajstić information content (AvgIpc) is 2.52. The minimum atomic E-state index is -0.565. The molecule has 1 atom stereocenters. The lowest BCUT2D eigenvalue weighted by Crippen LogP contribution is -2.39. The molecule has 1 unspecified atom stereocenters. The third kappa shape index (κ3) is 3.90. The predicted octanol–water partition coefficient (Wildman–Crippen LogP) is 1.43. The van der Waals surface area contributed by atoms with Crippen molar-refractivity contribution in [3.05, 3.63) is 23.8 Å². The Bertz CT molecular complexity index is 559. The van der Waals surface area contributed by atoms with Crippen LogP contribution in [0.2, 0.25) is 0 Å². The lowest BCUT2D eigenvalue weighted by Gasteiger charge is -2.31. The van der Waals surface area contributed by atoms with E-state index in [0.29, 0.717) is 23.0 Å². The number of likely N-dealkylation sites (tertiary alicyclic amines) is 1. The Kier molecular flexibility index (Phi) is 5.25. The summed E-state index contributed by atoms with van der Waals surface area (Å²) in [6.07, 6.45) is 2.19. The Labute approximate surface area is 130 Å². The van der Waals surface area contributed by atoms with E-state index >= 15 is 0 Å². The van der Waals surface area contributed by atoms with Gasteiger partial charge in [0, 0.05) is 18.7 Å². The molecule has 2 amide bonds. The SMILES string of the molecule is COc1cc(C(=O)N2CCCC(C)C2)ccc1OCC(N)=O. The molecule has 2 N–H and O–H groups in total. The van der Waals surface area contributed by atoms with Crippen molar-refractivity contribution in [2.24, 2.45) is 11.7 Å². The number of rotatable bonds is 5. The van der Waals surface area contributed by atoms with E-state index in [1.807, 2.05) is 4.90 Å². The summed E-state index contributed by atoms with van der Waals surface area (Å²) in [4.78, 5) is 25.2. The van der Waals surface area contributed by atoms with Crippen LogP contribution in [-0.2, 0) is 4.79 Å². The van der Waals surface area contributed by atoms with E-state index in [9.17, 15) is 9.59 Å². The summed E-state index contributed by atoms with van der Waals surface area (Å²) in [6.45, 7) is 3.49. The highest BCUT2D eigenvalue weighted by Crippen LogP contribution is 2.29. The molecule has 1 aromatic rings. The van der Waals surface area contributed by atoms with Crippen LogP contribution in [0.15, 0.2) is 18.2 Å². The molecule has 0 spiro atoms. The molecule has 1 aliphatic heterocycles. The number of methoxy groups -OCH3 is 1. The van der Waals surface area contributed by atoms with E-state index in [1.54, 1.807) is 18.2 Å². The molecule has 0 bridgehead atoms. The van der Waals surface area contributed by atoms with E-state index in [2.05, 4.69) is 6.92 Å². The van der Waals surface area contributed by atoms with Crippen molar-refractivity contribution in [1.82, 2.24) is 4.90 Å². The van der Waals surface area contributed by atoms with Gasteiger partial charge in [0.2, 0.25) is 0 Å².